The fourth-order valence-electron chi connectivity index (χ4n) is 3.74. The third-order valence-corrected chi connectivity index (χ3v) is 5.55. The summed E-state index contributed by atoms with van der Waals surface area (Å²) in [5.74, 6) is 0.982. The van der Waals surface area contributed by atoms with E-state index in [9.17, 15) is 9.90 Å². The molecular formula is C25H27N7O2. The molecule has 0 unspecified atom stereocenters. The summed E-state index contributed by atoms with van der Waals surface area (Å²) < 4.78 is 0. The number of aromatic carboxylic acids is 1. The highest BCUT2D eigenvalue weighted by atomic mass is 16.4. The van der Waals surface area contributed by atoms with Crippen LogP contribution in [0, 0.1) is 12.8 Å². The molecule has 0 aliphatic rings. The maximum Gasteiger partial charge on any atom is 0.341 e. The molecule has 2 aromatic carbocycles. The maximum atomic E-state index is 11.8. The lowest BCUT2D eigenvalue weighted by Gasteiger charge is -2.26. The molecule has 0 atom stereocenters. The van der Waals surface area contributed by atoms with E-state index in [1.807, 2.05) is 29.2 Å². The molecule has 174 valence electrons. The van der Waals surface area contributed by atoms with Gasteiger partial charge in [-0.1, -0.05) is 62.4 Å². The predicted molar refractivity (Wildman–Crippen MR) is 129 cm³/mol. The molecule has 0 spiro atoms. The van der Waals surface area contributed by atoms with E-state index in [-0.39, 0.29) is 5.56 Å². The lowest BCUT2D eigenvalue weighted by molar-refractivity contribution is 0.0696. The molecule has 0 saturated heterocycles. The van der Waals surface area contributed by atoms with Crippen molar-refractivity contribution in [2.24, 2.45) is 5.92 Å². The summed E-state index contributed by atoms with van der Waals surface area (Å²) >= 11 is 0. The molecule has 9 nitrogen and oxygen atoms in total. The summed E-state index contributed by atoms with van der Waals surface area (Å²) in [6, 6.07) is 16.1. The normalized spacial score (nSPS) is 11.1. The second-order valence-corrected chi connectivity index (χ2v) is 8.54. The Labute approximate surface area is 197 Å². The molecule has 0 fully saturated rings. The Bertz CT molecular complexity index is 1250. The van der Waals surface area contributed by atoms with Gasteiger partial charge in [0.1, 0.15) is 17.2 Å². The van der Waals surface area contributed by atoms with Crippen LogP contribution in [0.25, 0.3) is 22.5 Å². The van der Waals surface area contributed by atoms with Crippen LogP contribution < -0.4 is 4.90 Å². The Morgan fingerprint density at radius 2 is 1.82 bits per heavy atom. The highest BCUT2D eigenvalue weighted by Gasteiger charge is 2.20. The van der Waals surface area contributed by atoms with E-state index >= 15 is 0 Å². The fraction of sp³-hybridized carbons (Fsp3) is 0.280. The van der Waals surface area contributed by atoms with Gasteiger partial charge in [0.15, 0.2) is 0 Å². The van der Waals surface area contributed by atoms with Gasteiger partial charge in [0.2, 0.25) is 5.82 Å². The van der Waals surface area contributed by atoms with Crippen LogP contribution in [0.3, 0.4) is 0 Å². The van der Waals surface area contributed by atoms with Crippen molar-refractivity contribution in [3.8, 4) is 22.5 Å². The van der Waals surface area contributed by atoms with Crippen LogP contribution in [-0.4, -0.2) is 48.2 Å². The van der Waals surface area contributed by atoms with Crippen LogP contribution in [0.4, 0.5) is 5.82 Å². The van der Waals surface area contributed by atoms with Gasteiger partial charge in [0.05, 0.1) is 0 Å². The van der Waals surface area contributed by atoms with Gasteiger partial charge in [0, 0.05) is 24.8 Å². The third-order valence-electron chi connectivity index (χ3n) is 5.55. The second-order valence-electron chi connectivity index (χ2n) is 8.54. The Kier molecular flexibility index (Phi) is 6.91. The van der Waals surface area contributed by atoms with E-state index in [1.165, 1.54) is 6.20 Å². The first-order chi connectivity index (χ1) is 16.4. The van der Waals surface area contributed by atoms with Gasteiger partial charge in [-0.05, 0) is 41.2 Å². The molecule has 0 aliphatic carbocycles. The smallest absolute Gasteiger partial charge is 0.341 e. The lowest BCUT2D eigenvalue weighted by Crippen LogP contribution is -2.28. The number of rotatable bonds is 9. The standard InChI is InChI=1S/C25H27N7O2/c1-16(2)12-13-32(24-22(25(33)34)14-26-17(3)27-24)15-18-8-10-19(11-9-18)20-6-4-5-7-21(20)23-28-30-31-29-23/h4-11,14,16H,12-13,15H2,1-3H3,(H,33,34)(H,28,29,30,31). The van der Waals surface area contributed by atoms with Crippen molar-refractivity contribution >= 4 is 11.8 Å². The van der Waals surface area contributed by atoms with E-state index in [1.54, 1.807) is 6.92 Å². The molecule has 0 amide bonds. The number of benzene rings is 2. The largest absolute Gasteiger partial charge is 0.477 e. The van der Waals surface area contributed by atoms with Gasteiger partial charge in [0.25, 0.3) is 0 Å². The zero-order chi connectivity index (χ0) is 24.1. The molecule has 0 radical (unpaired) electrons. The fourth-order valence-corrected chi connectivity index (χ4v) is 3.74. The van der Waals surface area contributed by atoms with Crippen LogP contribution >= 0.6 is 0 Å². The minimum Gasteiger partial charge on any atom is -0.477 e. The Morgan fingerprint density at radius 1 is 1.09 bits per heavy atom. The average molecular weight is 458 g/mol. The molecule has 2 aromatic heterocycles. The molecule has 4 rings (SSSR count). The first-order valence-electron chi connectivity index (χ1n) is 11.2. The highest BCUT2D eigenvalue weighted by molar-refractivity contribution is 5.93. The zero-order valence-corrected chi connectivity index (χ0v) is 19.4. The van der Waals surface area contributed by atoms with Crippen molar-refractivity contribution in [3.63, 3.8) is 0 Å². The van der Waals surface area contributed by atoms with Gasteiger partial charge in [-0.2, -0.15) is 5.21 Å². The van der Waals surface area contributed by atoms with Crippen molar-refractivity contribution in [1.29, 1.82) is 0 Å². The number of nitrogens with one attached hydrogen (secondary N) is 1. The Hall–Kier alpha value is -4.14. The van der Waals surface area contributed by atoms with Gasteiger partial charge < -0.3 is 10.0 Å². The van der Waals surface area contributed by atoms with Crippen LogP contribution in [-0.2, 0) is 6.54 Å². The summed E-state index contributed by atoms with van der Waals surface area (Å²) in [5, 5.41) is 24.1. The second kappa shape index (κ2) is 10.2. The quantitative estimate of drug-likeness (QED) is 0.380. The number of hydrogen-bond donors (Lipinski definition) is 2. The number of tetrazole rings is 1. The van der Waals surface area contributed by atoms with Crippen LogP contribution in [0.1, 0.15) is 42.0 Å². The molecule has 9 heteroatoms. The van der Waals surface area contributed by atoms with Crippen molar-refractivity contribution in [2.45, 2.75) is 33.7 Å². The monoisotopic (exact) mass is 457 g/mol. The van der Waals surface area contributed by atoms with Crippen molar-refractivity contribution in [2.75, 3.05) is 11.4 Å². The topological polar surface area (TPSA) is 121 Å². The minimum atomic E-state index is -1.03. The molecule has 2 N–H and O–H groups in total. The number of H-pyrrole nitrogens is 1. The molecule has 4 aromatic rings. The molecule has 0 bridgehead atoms. The van der Waals surface area contributed by atoms with Gasteiger partial charge >= 0.3 is 5.97 Å². The van der Waals surface area contributed by atoms with Crippen LogP contribution in [0.5, 0.6) is 0 Å². The SMILES string of the molecule is Cc1ncc(C(=O)O)c(N(CCC(C)C)Cc2ccc(-c3ccccc3-c3nn[nH]n3)cc2)n1. The first kappa shape index (κ1) is 23.0. The number of aromatic amines is 1. The average Bonchev–Trinajstić information content (AvgIpc) is 3.37. The zero-order valence-electron chi connectivity index (χ0n) is 19.4. The molecule has 2 heterocycles. The van der Waals surface area contributed by atoms with E-state index in [4.69, 9.17) is 0 Å². The Morgan fingerprint density at radius 3 is 2.47 bits per heavy atom. The number of carbonyl (C=O) groups is 1. The van der Waals surface area contributed by atoms with Crippen LogP contribution in [0.2, 0.25) is 0 Å². The highest BCUT2D eigenvalue weighted by Crippen LogP contribution is 2.30. The van der Waals surface area contributed by atoms with E-state index in [0.29, 0.717) is 36.5 Å². The molecule has 0 saturated carbocycles. The summed E-state index contributed by atoms with van der Waals surface area (Å²) in [5.41, 5.74) is 4.09. The number of anilines is 1. The van der Waals surface area contributed by atoms with Crippen molar-refractivity contribution < 1.29 is 9.90 Å². The minimum absolute atomic E-state index is 0.111. The van der Waals surface area contributed by atoms with Gasteiger partial charge in [-0.3, -0.25) is 0 Å². The van der Waals surface area contributed by atoms with E-state index in [0.717, 1.165) is 28.7 Å². The third kappa shape index (κ3) is 5.25. The number of aryl methyl sites for hydroxylation is 1. The summed E-state index contributed by atoms with van der Waals surface area (Å²) in [4.78, 5) is 22.4. The van der Waals surface area contributed by atoms with Gasteiger partial charge in [-0.15, -0.1) is 10.2 Å². The summed E-state index contributed by atoms with van der Waals surface area (Å²) in [6.45, 7) is 7.30. The number of carboxylic acid groups (broad SMARTS) is 1. The van der Waals surface area contributed by atoms with Gasteiger partial charge in [-0.25, -0.2) is 14.8 Å². The summed E-state index contributed by atoms with van der Waals surface area (Å²) in [6.07, 6.45) is 2.30. The number of nitrogens with zero attached hydrogens (tertiary/aromatic N) is 6. The van der Waals surface area contributed by atoms with E-state index < -0.39 is 5.97 Å². The van der Waals surface area contributed by atoms with Crippen molar-refractivity contribution in [1.82, 2.24) is 30.6 Å². The molecule has 0 aliphatic heterocycles. The maximum absolute atomic E-state index is 11.8. The number of carboxylic acids is 1. The van der Waals surface area contributed by atoms with Crippen molar-refractivity contribution in [3.05, 3.63) is 71.7 Å². The van der Waals surface area contributed by atoms with Crippen LogP contribution in [0.15, 0.2) is 54.7 Å². The lowest BCUT2D eigenvalue weighted by atomic mass is 9.98. The summed E-state index contributed by atoms with van der Waals surface area (Å²) in [7, 11) is 0. The molecule has 34 heavy (non-hydrogen) atoms. The number of hydrogen-bond acceptors (Lipinski definition) is 7. The van der Waals surface area contributed by atoms with E-state index in [2.05, 4.69) is 68.7 Å². The Balaban J connectivity index is 1.63. The first-order valence-corrected chi connectivity index (χ1v) is 11.2. The molecular weight excluding hydrogens is 430 g/mol. The number of aromatic nitrogens is 6. The predicted octanol–water partition coefficient (Wildman–Crippen LogP) is 4.38.